The highest BCUT2D eigenvalue weighted by Crippen LogP contribution is 2.16. The zero-order chi connectivity index (χ0) is 18.8. The fraction of sp³-hybridized carbons (Fsp3) is 0.950. The van der Waals surface area contributed by atoms with Crippen LogP contribution in [0.4, 0.5) is 0 Å². The van der Waals surface area contributed by atoms with Crippen molar-refractivity contribution in [3.05, 3.63) is 0 Å². The van der Waals surface area contributed by atoms with Crippen molar-refractivity contribution in [1.82, 2.24) is 20.4 Å². The van der Waals surface area contributed by atoms with Gasteiger partial charge in [-0.1, -0.05) is 6.42 Å². The molecular weight excluding hydrogens is 326 g/mol. The first kappa shape index (κ1) is 21.5. The van der Waals surface area contributed by atoms with E-state index in [4.69, 9.17) is 9.73 Å². The average molecular weight is 368 g/mol. The van der Waals surface area contributed by atoms with E-state index >= 15 is 0 Å². The third-order valence-corrected chi connectivity index (χ3v) is 5.70. The van der Waals surface area contributed by atoms with Crippen LogP contribution in [0, 0.1) is 0 Å². The number of likely N-dealkylation sites (tertiary alicyclic amines) is 1. The van der Waals surface area contributed by atoms with E-state index in [1.807, 2.05) is 0 Å². The molecule has 0 spiro atoms. The minimum atomic E-state index is 0.443. The van der Waals surface area contributed by atoms with Crippen molar-refractivity contribution in [2.45, 2.75) is 71.5 Å². The summed E-state index contributed by atoms with van der Waals surface area (Å²) in [4.78, 5) is 9.96. The van der Waals surface area contributed by atoms with E-state index in [1.54, 1.807) is 0 Å². The SMILES string of the molecule is CCNC(=NCC(C)N1CCOCC1C)NCCCN1CCCCC1C. The Balaban J connectivity index is 1.71. The van der Waals surface area contributed by atoms with Crippen molar-refractivity contribution in [1.29, 1.82) is 0 Å². The molecule has 2 N–H and O–H groups in total. The van der Waals surface area contributed by atoms with E-state index in [0.29, 0.717) is 12.1 Å². The van der Waals surface area contributed by atoms with Gasteiger partial charge in [0.15, 0.2) is 5.96 Å². The molecule has 2 saturated heterocycles. The molecule has 0 amide bonds. The predicted molar refractivity (Wildman–Crippen MR) is 110 cm³/mol. The van der Waals surface area contributed by atoms with Crippen molar-refractivity contribution in [2.75, 3.05) is 52.5 Å². The van der Waals surface area contributed by atoms with E-state index in [0.717, 1.165) is 51.4 Å². The Kier molecular flexibility index (Phi) is 9.72. The predicted octanol–water partition coefficient (Wildman–Crippen LogP) is 1.92. The Hall–Kier alpha value is -0.850. The van der Waals surface area contributed by atoms with Gasteiger partial charge >= 0.3 is 0 Å². The lowest BCUT2D eigenvalue weighted by atomic mass is 10.0. The highest BCUT2D eigenvalue weighted by atomic mass is 16.5. The first-order valence-corrected chi connectivity index (χ1v) is 10.7. The molecule has 6 heteroatoms. The third-order valence-electron chi connectivity index (χ3n) is 5.70. The highest BCUT2D eigenvalue weighted by Gasteiger charge is 2.23. The molecule has 0 bridgehead atoms. The van der Waals surface area contributed by atoms with E-state index in [1.165, 1.54) is 38.8 Å². The average Bonchev–Trinajstić information content (AvgIpc) is 2.64. The summed E-state index contributed by atoms with van der Waals surface area (Å²) in [6, 6.07) is 1.68. The Bertz CT molecular complexity index is 417. The molecule has 0 saturated carbocycles. The van der Waals surface area contributed by atoms with Crippen LogP contribution in [-0.4, -0.2) is 86.4 Å². The molecule has 152 valence electrons. The van der Waals surface area contributed by atoms with Crippen molar-refractivity contribution in [3.8, 4) is 0 Å². The Morgan fingerprint density at radius 2 is 2.04 bits per heavy atom. The fourth-order valence-corrected chi connectivity index (χ4v) is 4.04. The number of hydrogen-bond donors (Lipinski definition) is 2. The molecule has 26 heavy (non-hydrogen) atoms. The number of guanidine groups is 1. The summed E-state index contributed by atoms with van der Waals surface area (Å²) in [7, 11) is 0. The monoisotopic (exact) mass is 367 g/mol. The van der Waals surface area contributed by atoms with Gasteiger partial charge in [-0.25, -0.2) is 0 Å². The molecule has 2 heterocycles. The lowest BCUT2D eigenvalue weighted by Gasteiger charge is -2.37. The third kappa shape index (κ3) is 7.05. The molecule has 0 aromatic carbocycles. The summed E-state index contributed by atoms with van der Waals surface area (Å²) in [5.41, 5.74) is 0. The summed E-state index contributed by atoms with van der Waals surface area (Å²) in [5.74, 6) is 0.951. The van der Waals surface area contributed by atoms with Gasteiger partial charge in [0.25, 0.3) is 0 Å². The van der Waals surface area contributed by atoms with Gasteiger partial charge < -0.3 is 20.3 Å². The smallest absolute Gasteiger partial charge is 0.191 e. The van der Waals surface area contributed by atoms with Crippen molar-refractivity contribution >= 4 is 5.96 Å². The molecule has 0 aliphatic carbocycles. The maximum Gasteiger partial charge on any atom is 0.191 e. The lowest BCUT2D eigenvalue weighted by molar-refractivity contribution is -0.0165. The normalized spacial score (nSPS) is 27.3. The van der Waals surface area contributed by atoms with Crippen LogP contribution in [0.15, 0.2) is 4.99 Å². The minimum absolute atomic E-state index is 0.443. The summed E-state index contributed by atoms with van der Waals surface area (Å²) >= 11 is 0. The topological polar surface area (TPSA) is 52.1 Å². The largest absolute Gasteiger partial charge is 0.379 e. The highest BCUT2D eigenvalue weighted by molar-refractivity contribution is 5.79. The Morgan fingerprint density at radius 1 is 1.19 bits per heavy atom. The molecular formula is C20H41N5O. The van der Waals surface area contributed by atoms with Crippen LogP contribution in [0.25, 0.3) is 0 Å². The standard InChI is InChI=1S/C20H41N5O/c1-5-21-20(22-10-8-12-24-11-7-6-9-17(24)2)23-15-18(3)25-13-14-26-16-19(25)4/h17-19H,5-16H2,1-4H3,(H2,21,22,23). The van der Waals surface area contributed by atoms with Gasteiger partial charge in [0.05, 0.1) is 19.8 Å². The van der Waals surface area contributed by atoms with Gasteiger partial charge in [-0.05, 0) is 53.5 Å². The molecule has 0 aromatic rings. The van der Waals surface area contributed by atoms with Crippen LogP contribution in [-0.2, 0) is 4.74 Å². The second-order valence-electron chi connectivity index (χ2n) is 7.89. The zero-order valence-corrected chi connectivity index (χ0v) is 17.5. The fourth-order valence-electron chi connectivity index (χ4n) is 4.04. The first-order valence-electron chi connectivity index (χ1n) is 10.7. The Labute approximate surface area is 160 Å². The lowest BCUT2D eigenvalue weighted by Crippen LogP contribution is -2.49. The van der Waals surface area contributed by atoms with E-state index in [9.17, 15) is 0 Å². The van der Waals surface area contributed by atoms with Crippen LogP contribution < -0.4 is 10.6 Å². The van der Waals surface area contributed by atoms with Gasteiger partial charge in [0.2, 0.25) is 0 Å². The van der Waals surface area contributed by atoms with Crippen LogP contribution in [0.1, 0.15) is 53.4 Å². The molecule has 3 unspecified atom stereocenters. The quantitative estimate of drug-likeness (QED) is 0.390. The molecule has 2 aliphatic rings. The van der Waals surface area contributed by atoms with Crippen LogP contribution in [0.3, 0.4) is 0 Å². The summed E-state index contributed by atoms with van der Waals surface area (Å²) < 4.78 is 5.54. The molecule has 3 atom stereocenters. The summed E-state index contributed by atoms with van der Waals surface area (Å²) in [5, 5.41) is 6.90. The van der Waals surface area contributed by atoms with Gasteiger partial charge in [-0.3, -0.25) is 9.89 Å². The number of hydrogen-bond acceptors (Lipinski definition) is 4. The Morgan fingerprint density at radius 3 is 2.77 bits per heavy atom. The number of ether oxygens (including phenoxy) is 1. The molecule has 6 nitrogen and oxygen atoms in total. The van der Waals surface area contributed by atoms with E-state index < -0.39 is 0 Å². The number of nitrogens with one attached hydrogen (secondary N) is 2. The maximum atomic E-state index is 5.54. The van der Waals surface area contributed by atoms with Gasteiger partial charge in [-0.2, -0.15) is 0 Å². The number of piperidine rings is 1. The zero-order valence-electron chi connectivity index (χ0n) is 17.5. The van der Waals surface area contributed by atoms with Crippen LogP contribution in [0.5, 0.6) is 0 Å². The molecule has 0 radical (unpaired) electrons. The summed E-state index contributed by atoms with van der Waals surface area (Å²) in [6.45, 7) is 16.9. The molecule has 0 aromatic heterocycles. The van der Waals surface area contributed by atoms with Gasteiger partial charge in [-0.15, -0.1) is 0 Å². The number of morpholine rings is 1. The van der Waals surface area contributed by atoms with Crippen LogP contribution in [0.2, 0.25) is 0 Å². The minimum Gasteiger partial charge on any atom is -0.379 e. The molecule has 2 fully saturated rings. The van der Waals surface area contributed by atoms with Gasteiger partial charge in [0, 0.05) is 44.3 Å². The molecule has 2 aliphatic heterocycles. The second-order valence-corrected chi connectivity index (χ2v) is 7.89. The maximum absolute atomic E-state index is 5.54. The van der Waals surface area contributed by atoms with Crippen molar-refractivity contribution in [2.24, 2.45) is 4.99 Å². The summed E-state index contributed by atoms with van der Waals surface area (Å²) in [6.07, 6.45) is 5.28. The van der Waals surface area contributed by atoms with Gasteiger partial charge in [0.1, 0.15) is 0 Å². The first-order chi connectivity index (χ1) is 12.6. The van der Waals surface area contributed by atoms with E-state index in [-0.39, 0.29) is 0 Å². The molecule has 2 rings (SSSR count). The van der Waals surface area contributed by atoms with Crippen molar-refractivity contribution < 1.29 is 4.74 Å². The number of aliphatic imine (C=N–C) groups is 1. The second kappa shape index (κ2) is 11.8. The number of rotatable bonds is 8. The number of nitrogens with zero attached hydrogens (tertiary/aromatic N) is 3. The van der Waals surface area contributed by atoms with Crippen molar-refractivity contribution in [3.63, 3.8) is 0 Å². The van der Waals surface area contributed by atoms with E-state index in [2.05, 4.69) is 48.1 Å². The van der Waals surface area contributed by atoms with Crippen LogP contribution >= 0.6 is 0 Å².